The summed E-state index contributed by atoms with van der Waals surface area (Å²) in [6.07, 6.45) is 5.40. The molecule has 1 amide bonds. The quantitative estimate of drug-likeness (QED) is 0.520. The van der Waals surface area contributed by atoms with E-state index < -0.39 is 16.1 Å². The van der Waals surface area contributed by atoms with Gasteiger partial charge in [-0.25, -0.2) is 18.4 Å². The summed E-state index contributed by atoms with van der Waals surface area (Å²) >= 11 is 6.35. The van der Waals surface area contributed by atoms with Gasteiger partial charge in [0.15, 0.2) is 0 Å². The van der Waals surface area contributed by atoms with Crippen molar-refractivity contribution in [2.75, 3.05) is 37.6 Å². The summed E-state index contributed by atoms with van der Waals surface area (Å²) in [5, 5.41) is 0.190. The van der Waals surface area contributed by atoms with Crippen LogP contribution in [0.1, 0.15) is 23.7 Å². The van der Waals surface area contributed by atoms with Crippen LogP contribution in [0.2, 0.25) is 5.02 Å². The Morgan fingerprint density at radius 2 is 1.74 bits per heavy atom. The number of hydrogen-bond donors (Lipinski definition) is 0. The van der Waals surface area contributed by atoms with Gasteiger partial charge in [0.25, 0.3) is 0 Å². The number of piperazine rings is 1. The van der Waals surface area contributed by atoms with Crippen LogP contribution in [-0.2, 0) is 21.4 Å². The first kappa shape index (κ1) is 23.8. The van der Waals surface area contributed by atoms with Crippen molar-refractivity contribution in [2.24, 2.45) is 0 Å². The van der Waals surface area contributed by atoms with Gasteiger partial charge in [0, 0.05) is 70.0 Å². The first-order valence-corrected chi connectivity index (χ1v) is 13.4. The molecule has 9 nitrogen and oxygen atoms in total. The number of rotatable bonds is 5. The number of carbonyl (C=O) groups excluding carboxylic acids is 1. The van der Waals surface area contributed by atoms with Crippen LogP contribution in [0.15, 0.2) is 59.9 Å². The van der Waals surface area contributed by atoms with E-state index in [4.69, 9.17) is 11.6 Å². The predicted molar refractivity (Wildman–Crippen MR) is 133 cm³/mol. The lowest BCUT2D eigenvalue weighted by molar-refractivity contribution is -0.132. The van der Waals surface area contributed by atoms with Crippen molar-refractivity contribution in [1.82, 2.24) is 23.7 Å². The maximum Gasteiger partial charge on any atom is 0.245 e. The molecule has 1 unspecified atom stereocenters. The number of nitrogens with zero attached hydrogens (tertiary/aromatic N) is 6. The molecule has 0 aliphatic carbocycles. The molecule has 2 aromatic heterocycles. The van der Waals surface area contributed by atoms with E-state index in [1.807, 2.05) is 27.8 Å². The Morgan fingerprint density at radius 1 is 1.00 bits per heavy atom. The third kappa shape index (κ3) is 4.53. The molecule has 0 bridgehead atoms. The predicted octanol–water partition coefficient (Wildman–Crippen LogP) is 2.72. The van der Waals surface area contributed by atoms with Crippen LogP contribution in [0.5, 0.6) is 0 Å². The maximum atomic E-state index is 13.8. The Hall–Kier alpha value is -2.95. The lowest BCUT2D eigenvalue weighted by atomic mass is 10.1. The molecule has 0 radical (unpaired) electrons. The second kappa shape index (κ2) is 9.60. The van der Waals surface area contributed by atoms with Crippen molar-refractivity contribution in [3.63, 3.8) is 0 Å². The van der Waals surface area contributed by atoms with Gasteiger partial charge in [-0.3, -0.25) is 4.79 Å². The monoisotopic (exact) mass is 514 g/mol. The van der Waals surface area contributed by atoms with Gasteiger partial charge >= 0.3 is 0 Å². The van der Waals surface area contributed by atoms with E-state index in [-0.39, 0.29) is 28.8 Å². The molecule has 0 saturated carbocycles. The number of sulfonamides is 1. The standard InChI is InChI=1S/C24H27ClN6O3S/c1-18-5-2-6-19(25)23(18)35(33,34)31-16-15-28-10-3-7-20(28)21(31)17-22(32)29-11-13-30(14-12-29)24-26-8-4-9-27-24/h2-10,21H,11-17H2,1H3. The van der Waals surface area contributed by atoms with E-state index in [0.717, 1.165) is 5.69 Å². The second-order valence-corrected chi connectivity index (χ2v) is 11.0. The molecule has 1 fully saturated rings. The minimum absolute atomic E-state index is 0.0641. The third-order valence-electron chi connectivity index (χ3n) is 6.68. The largest absolute Gasteiger partial charge is 0.349 e. The third-order valence-corrected chi connectivity index (χ3v) is 9.22. The number of benzene rings is 1. The summed E-state index contributed by atoms with van der Waals surface area (Å²) in [5.74, 6) is 0.575. The van der Waals surface area contributed by atoms with Crippen molar-refractivity contribution in [1.29, 1.82) is 0 Å². The Bertz CT molecular complexity index is 1300. The average molecular weight is 515 g/mol. The van der Waals surface area contributed by atoms with Crippen LogP contribution in [0.25, 0.3) is 0 Å². The molecule has 11 heteroatoms. The van der Waals surface area contributed by atoms with Gasteiger partial charge in [-0.05, 0) is 36.8 Å². The van der Waals surface area contributed by atoms with Crippen molar-refractivity contribution in [3.8, 4) is 0 Å². The fraction of sp³-hybridized carbons (Fsp3) is 0.375. The highest BCUT2D eigenvalue weighted by Crippen LogP contribution is 2.37. The highest BCUT2D eigenvalue weighted by molar-refractivity contribution is 7.89. The summed E-state index contributed by atoms with van der Waals surface area (Å²) in [4.78, 5) is 25.9. The van der Waals surface area contributed by atoms with Crippen LogP contribution < -0.4 is 4.90 Å². The molecular formula is C24H27ClN6O3S. The lowest BCUT2D eigenvalue weighted by Gasteiger charge is -2.39. The first-order chi connectivity index (χ1) is 16.9. The second-order valence-electron chi connectivity index (χ2n) is 8.76. The van der Waals surface area contributed by atoms with E-state index in [1.165, 1.54) is 4.31 Å². The highest BCUT2D eigenvalue weighted by Gasteiger charge is 2.40. The van der Waals surface area contributed by atoms with E-state index in [0.29, 0.717) is 44.2 Å². The smallest absolute Gasteiger partial charge is 0.245 e. The number of anilines is 1. The minimum atomic E-state index is -3.92. The normalized spacial score (nSPS) is 19.0. The van der Waals surface area contributed by atoms with Crippen LogP contribution in [0.4, 0.5) is 5.95 Å². The molecule has 184 valence electrons. The van der Waals surface area contributed by atoms with Gasteiger partial charge in [0.2, 0.25) is 21.9 Å². The van der Waals surface area contributed by atoms with Crippen molar-refractivity contribution in [3.05, 3.63) is 71.3 Å². The molecule has 1 atom stereocenters. The van der Waals surface area contributed by atoms with Crippen molar-refractivity contribution >= 4 is 33.5 Å². The van der Waals surface area contributed by atoms with E-state index in [2.05, 4.69) is 9.97 Å². The Balaban J connectivity index is 1.37. The van der Waals surface area contributed by atoms with Crippen LogP contribution >= 0.6 is 11.6 Å². The Morgan fingerprint density at radius 3 is 2.46 bits per heavy atom. The molecule has 2 aliphatic rings. The number of halogens is 1. The van der Waals surface area contributed by atoms with Crippen LogP contribution in [0, 0.1) is 6.92 Å². The Labute approximate surface area is 210 Å². The maximum absolute atomic E-state index is 13.8. The van der Waals surface area contributed by atoms with E-state index in [1.54, 1.807) is 48.5 Å². The number of fused-ring (bicyclic) bond motifs is 1. The zero-order valence-corrected chi connectivity index (χ0v) is 21.0. The summed E-state index contributed by atoms with van der Waals surface area (Å²) in [6.45, 7) is 4.83. The summed E-state index contributed by atoms with van der Waals surface area (Å²) in [7, 11) is -3.92. The molecule has 3 aromatic rings. The molecule has 1 aromatic carbocycles. The molecule has 4 heterocycles. The number of aryl methyl sites for hydroxylation is 1. The number of hydrogen-bond acceptors (Lipinski definition) is 6. The topological polar surface area (TPSA) is 91.6 Å². The van der Waals surface area contributed by atoms with E-state index >= 15 is 0 Å². The summed E-state index contributed by atoms with van der Waals surface area (Å²) < 4.78 is 31.1. The van der Waals surface area contributed by atoms with Gasteiger partial charge in [0.05, 0.1) is 11.1 Å². The number of carbonyl (C=O) groups is 1. The van der Waals surface area contributed by atoms with Crippen LogP contribution in [0.3, 0.4) is 0 Å². The summed E-state index contributed by atoms with van der Waals surface area (Å²) in [5.41, 5.74) is 1.40. The van der Waals surface area contributed by atoms with Gasteiger partial charge < -0.3 is 14.4 Å². The van der Waals surface area contributed by atoms with E-state index in [9.17, 15) is 13.2 Å². The van der Waals surface area contributed by atoms with Gasteiger partial charge in [-0.1, -0.05) is 23.7 Å². The average Bonchev–Trinajstić information content (AvgIpc) is 3.34. The SMILES string of the molecule is Cc1cccc(Cl)c1S(=O)(=O)N1CCn2cccc2C1CC(=O)N1CCN(c2ncccn2)CC1. The van der Waals surface area contributed by atoms with Gasteiger partial charge in [-0.15, -0.1) is 0 Å². The van der Waals surface area contributed by atoms with Crippen molar-refractivity contribution < 1.29 is 13.2 Å². The molecule has 2 aliphatic heterocycles. The molecule has 1 saturated heterocycles. The number of aromatic nitrogens is 3. The summed E-state index contributed by atoms with van der Waals surface area (Å²) in [6, 6.07) is 10.0. The molecular weight excluding hydrogens is 488 g/mol. The van der Waals surface area contributed by atoms with Crippen LogP contribution in [-0.4, -0.2) is 70.8 Å². The number of amides is 1. The fourth-order valence-electron chi connectivity index (χ4n) is 4.90. The molecule has 35 heavy (non-hydrogen) atoms. The highest BCUT2D eigenvalue weighted by atomic mass is 35.5. The molecule has 0 spiro atoms. The minimum Gasteiger partial charge on any atom is -0.349 e. The zero-order valence-electron chi connectivity index (χ0n) is 19.4. The van der Waals surface area contributed by atoms with Gasteiger partial charge in [-0.2, -0.15) is 4.31 Å². The van der Waals surface area contributed by atoms with Gasteiger partial charge in [0.1, 0.15) is 4.90 Å². The first-order valence-electron chi connectivity index (χ1n) is 11.6. The fourth-order valence-corrected chi connectivity index (χ4v) is 7.28. The lowest BCUT2D eigenvalue weighted by Crippen LogP contribution is -2.50. The van der Waals surface area contributed by atoms with Crippen molar-refractivity contribution in [2.45, 2.75) is 30.8 Å². The Kier molecular flexibility index (Phi) is 6.52. The zero-order chi connectivity index (χ0) is 24.6. The molecule has 0 N–H and O–H groups in total. The molecule has 5 rings (SSSR count).